The molecule has 192 valence electrons. The number of likely N-dealkylation sites (tertiary alicyclic amines) is 1. The summed E-state index contributed by atoms with van der Waals surface area (Å²) in [6.45, 7) is 8.31. The third-order valence-electron chi connectivity index (χ3n) is 7.49. The highest BCUT2D eigenvalue weighted by Crippen LogP contribution is 2.48. The average Bonchev–Trinajstić information content (AvgIpc) is 3.07. The van der Waals surface area contributed by atoms with Crippen LogP contribution >= 0.6 is 0 Å². The molecule has 4 atom stereocenters. The number of allylic oxidation sites excluding steroid dienone is 2. The van der Waals surface area contributed by atoms with Crippen molar-refractivity contribution in [3.05, 3.63) is 46.5 Å². The lowest BCUT2D eigenvalue weighted by Gasteiger charge is -2.38. The lowest BCUT2D eigenvalue weighted by atomic mass is 9.66. The van der Waals surface area contributed by atoms with Crippen LogP contribution in [0.5, 0.6) is 5.75 Å². The Balaban J connectivity index is 1.86. The minimum Gasteiger partial charge on any atom is -0.508 e. The highest BCUT2D eigenvalue weighted by Gasteiger charge is 2.54. The van der Waals surface area contributed by atoms with Crippen LogP contribution in [0.15, 0.2) is 41.0 Å². The number of nitrogens with zero attached hydrogens (tertiary/aromatic N) is 1. The topological polar surface area (TPSA) is 98.1 Å². The van der Waals surface area contributed by atoms with E-state index in [2.05, 4.69) is 26.8 Å². The van der Waals surface area contributed by atoms with Crippen LogP contribution in [-0.4, -0.2) is 51.3 Å². The first-order chi connectivity index (χ1) is 16.7. The second-order valence-electron chi connectivity index (χ2n) is 10.3. The van der Waals surface area contributed by atoms with Crippen LogP contribution in [0, 0.1) is 23.7 Å². The number of aliphatic hydroxyl groups excluding tert-OH is 2. The summed E-state index contributed by atoms with van der Waals surface area (Å²) in [5.74, 6) is -1.55. The molecule has 3 N–H and O–H groups in total. The monoisotopic (exact) mass is 483 g/mol. The van der Waals surface area contributed by atoms with E-state index in [9.17, 15) is 24.9 Å². The van der Waals surface area contributed by atoms with Gasteiger partial charge >= 0.3 is 0 Å². The number of rotatable bonds is 11. The van der Waals surface area contributed by atoms with E-state index in [0.29, 0.717) is 32.2 Å². The third kappa shape index (κ3) is 5.87. The number of aromatic hydroxyl groups is 1. The zero-order valence-corrected chi connectivity index (χ0v) is 21.5. The molecule has 0 bridgehead atoms. The van der Waals surface area contributed by atoms with Gasteiger partial charge in [-0.25, -0.2) is 0 Å². The fraction of sp³-hybridized carbons (Fsp3) is 0.586. The molecule has 0 spiro atoms. The van der Waals surface area contributed by atoms with Gasteiger partial charge in [-0.1, -0.05) is 63.5 Å². The van der Waals surface area contributed by atoms with Crippen molar-refractivity contribution in [2.45, 2.75) is 72.3 Å². The Bertz CT molecular complexity index is 962. The summed E-state index contributed by atoms with van der Waals surface area (Å²) in [5.41, 5.74) is 3.99. The van der Waals surface area contributed by atoms with Gasteiger partial charge in [-0.2, -0.15) is 0 Å². The first kappa shape index (κ1) is 27.2. The van der Waals surface area contributed by atoms with Crippen molar-refractivity contribution in [3.8, 4) is 5.75 Å². The van der Waals surface area contributed by atoms with Crippen molar-refractivity contribution in [2.24, 2.45) is 23.7 Å². The highest BCUT2D eigenvalue weighted by molar-refractivity contribution is 6.05. The van der Waals surface area contributed by atoms with Gasteiger partial charge in [0, 0.05) is 12.5 Å². The number of phenols is 1. The Hall–Kier alpha value is -2.44. The summed E-state index contributed by atoms with van der Waals surface area (Å²) in [5, 5.41) is 31.4. The molecule has 0 aromatic heterocycles. The molecule has 6 heteroatoms. The average molecular weight is 484 g/mol. The summed E-state index contributed by atoms with van der Waals surface area (Å²) < 4.78 is 0. The van der Waals surface area contributed by atoms with Crippen LogP contribution in [0.2, 0.25) is 0 Å². The Labute approximate surface area is 209 Å². The molecule has 35 heavy (non-hydrogen) atoms. The van der Waals surface area contributed by atoms with Crippen molar-refractivity contribution in [1.29, 1.82) is 0 Å². The van der Waals surface area contributed by atoms with Crippen molar-refractivity contribution >= 4 is 17.9 Å². The number of hydrogen-bond acceptors (Lipinski definition) is 5. The maximum Gasteiger partial charge on any atom is 0.233 e. The van der Waals surface area contributed by atoms with Gasteiger partial charge in [0.25, 0.3) is 0 Å². The van der Waals surface area contributed by atoms with Crippen LogP contribution in [0.4, 0.5) is 0 Å². The van der Waals surface area contributed by atoms with Gasteiger partial charge in [-0.15, -0.1) is 0 Å². The van der Waals surface area contributed by atoms with E-state index in [1.54, 1.807) is 12.1 Å². The zero-order valence-electron chi connectivity index (χ0n) is 21.5. The molecule has 0 unspecified atom stereocenters. The van der Waals surface area contributed by atoms with Gasteiger partial charge in [0.15, 0.2) is 0 Å². The normalized spacial score (nSPS) is 23.9. The van der Waals surface area contributed by atoms with E-state index in [1.807, 2.05) is 19.1 Å². The van der Waals surface area contributed by atoms with E-state index < -0.39 is 23.9 Å². The number of amides is 2. The van der Waals surface area contributed by atoms with E-state index in [-0.39, 0.29) is 30.1 Å². The number of phenolic OH excluding ortho intramolecular Hbond substituents is 1. The molecule has 1 saturated heterocycles. The SMILES string of the molecule is CCC/C(=C\c1ccc(O)cc1)CC[C@@H](O)C1=C(C(C)C)C[C@H]2C(=O)N(CCC)C(=O)[C@H]2[C@H]1CO. The molecule has 0 radical (unpaired) electrons. The second kappa shape index (κ2) is 12.0. The molecule has 1 aromatic carbocycles. The van der Waals surface area contributed by atoms with E-state index in [4.69, 9.17) is 0 Å². The number of benzene rings is 1. The molecule has 1 aliphatic heterocycles. The third-order valence-corrected chi connectivity index (χ3v) is 7.49. The zero-order chi connectivity index (χ0) is 25.7. The number of fused-ring (bicyclic) bond motifs is 1. The lowest BCUT2D eigenvalue weighted by Crippen LogP contribution is -2.40. The fourth-order valence-corrected chi connectivity index (χ4v) is 5.83. The van der Waals surface area contributed by atoms with E-state index in [0.717, 1.165) is 29.6 Å². The Morgan fingerprint density at radius 1 is 1.09 bits per heavy atom. The summed E-state index contributed by atoms with van der Waals surface area (Å²) in [4.78, 5) is 27.6. The summed E-state index contributed by atoms with van der Waals surface area (Å²) >= 11 is 0. The molecule has 2 amide bonds. The van der Waals surface area contributed by atoms with Crippen LogP contribution in [0.1, 0.15) is 71.8 Å². The van der Waals surface area contributed by atoms with Crippen molar-refractivity contribution in [3.63, 3.8) is 0 Å². The first-order valence-electron chi connectivity index (χ1n) is 13.1. The molecular formula is C29H41NO5. The second-order valence-corrected chi connectivity index (χ2v) is 10.3. The van der Waals surface area contributed by atoms with Gasteiger partial charge in [-0.05, 0) is 61.3 Å². The Kier molecular flexibility index (Phi) is 9.31. The summed E-state index contributed by atoms with van der Waals surface area (Å²) in [7, 11) is 0. The first-order valence-corrected chi connectivity index (χ1v) is 13.1. The van der Waals surface area contributed by atoms with Crippen LogP contribution in [0.3, 0.4) is 0 Å². The number of hydrogen-bond donors (Lipinski definition) is 3. The van der Waals surface area contributed by atoms with E-state index >= 15 is 0 Å². The fourth-order valence-electron chi connectivity index (χ4n) is 5.83. The molecule has 6 nitrogen and oxygen atoms in total. The predicted molar refractivity (Wildman–Crippen MR) is 137 cm³/mol. The van der Waals surface area contributed by atoms with Crippen LogP contribution < -0.4 is 0 Å². The van der Waals surface area contributed by atoms with Crippen LogP contribution in [0.25, 0.3) is 6.08 Å². The molecule has 0 saturated carbocycles. The number of aliphatic hydroxyl groups is 2. The van der Waals surface area contributed by atoms with Gasteiger partial charge < -0.3 is 15.3 Å². The van der Waals surface area contributed by atoms with Gasteiger partial charge in [0.05, 0.1) is 24.5 Å². The molecule has 1 fully saturated rings. The number of imide groups is 1. The highest BCUT2D eigenvalue weighted by atomic mass is 16.3. The molecule has 1 aliphatic carbocycles. The van der Waals surface area contributed by atoms with Crippen molar-refractivity contribution < 1.29 is 24.9 Å². The maximum absolute atomic E-state index is 13.2. The van der Waals surface area contributed by atoms with Crippen molar-refractivity contribution in [2.75, 3.05) is 13.2 Å². The Morgan fingerprint density at radius 3 is 2.34 bits per heavy atom. The summed E-state index contributed by atoms with van der Waals surface area (Å²) in [6, 6.07) is 7.06. The number of carbonyl (C=O) groups excluding carboxylic acids is 2. The van der Waals surface area contributed by atoms with Crippen LogP contribution in [-0.2, 0) is 9.59 Å². The van der Waals surface area contributed by atoms with Crippen molar-refractivity contribution in [1.82, 2.24) is 4.90 Å². The van der Waals surface area contributed by atoms with Gasteiger partial charge in [0.1, 0.15) is 5.75 Å². The summed E-state index contributed by atoms with van der Waals surface area (Å²) in [6.07, 6.45) is 5.55. The molecule has 2 aliphatic rings. The maximum atomic E-state index is 13.2. The smallest absolute Gasteiger partial charge is 0.233 e. The number of carbonyl (C=O) groups is 2. The molecule has 3 rings (SSSR count). The Morgan fingerprint density at radius 2 is 1.77 bits per heavy atom. The van der Waals surface area contributed by atoms with Gasteiger partial charge in [0.2, 0.25) is 11.8 Å². The minimum absolute atomic E-state index is 0.112. The predicted octanol–water partition coefficient (Wildman–Crippen LogP) is 4.69. The standard InChI is InChI=1S/C29H41NO5/c1-5-7-19(15-20-8-11-21(32)12-9-20)10-13-25(33)26-22(18(3)4)16-23-27(24(26)17-31)29(35)30(14-6-2)28(23)34/h8-9,11-12,15,18,23-25,27,31-33H,5-7,10,13-14,16-17H2,1-4H3/b19-15+/t23-,24+,25-,27-/m1/s1. The quantitative estimate of drug-likeness (QED) is 0.313. The van der Waals surface area contributed by atoms with Gasteiger partial charge in [-0.3, -0.25) is 14.5 Å². The molecule has 1 aromatic rings. The van der Waals surface area contributed by atoms with E-state index in [1.165, 1.54) is 10.5 Å². The lowest BCUT2D eigenvalue weighted by molar-refractivity contribution is -0.140. The minimum atomic E-state index is -0.784. The molecule has 1 heterocycles. The molecular weight excluding hydrogens is 442 g/mol. The largest absolute Gasteiger partial charge is 0.508 e.